The standard InChI is InChI=1S/C17H36N2O3Si/c1-6-10-12-18-14-15-19(17(18)5)13-11-16-23(20-7-2,21-8-3)22-9-4/h14-15,17H,6-13,16H2,1-5H3. The van der Waals surface area contributed by atoms with Crippen LogP contribution in [0.4, 0.5) is 0 Å². The zero-order chi connectivity index (χ0) is 17.1. The van der Waals surface area contributed by atoms with E-state index in [0.29, 0.717) is 26.0 Å². The summed E-state index contributed by atoms with van der Waals surface area (Å²) in [6, 6.07) is 0.883. The van der Waals surface area contributed by atoms with E-state index in [4.69, 9.17) is 13.3 Å². The highest BCUT2D eigenvalue weighted by atomic mass is 28.4. The maximum Gasteiger partial charge on any atom is 0.500 e. The van der Waals surface area contributed by atoms with Gasteiger partial charge >= 0.3 is 8.80 Å². The van der Waals surface area contributed by atoms with Crippen LogP contribution in [0.25, 0.3) is 0 Å². The zero-order valence-corrected chi connectivity index (χ0v) is 16.7. The average Bonchev–Trinajstić information content (AvgIpc) is 2.87. The molecule has 5 nitrogen and oxygen atoms in total. The third-order valence-electron chi connectivity index (χ3n) is 4.17. The van der Waals surface area contributed by atoms with Crippen molar-refractivity contribution >= 4 is 8.80 Å². The lowest BCUT2D eigenvalue weighted by molar-refractivity contribution is 0.0694. The van der Waals surface area contributed by atoms with Gasteiger partial charge in [0, 0.05) is 51.4 Å². The molecule has 1 heterocycles. The second kappa shape index (κ2) is 11.1. The van der Waals surface area contributed by atoms with Gasteiger partial charge in [-0.3, -0.25) is 0 Å². The van der Waals surface area contributed by atoms with E-state index in [1.54, 1.807) is 0 Å². The molecular formula is C17H36N2O3Si. The Morgan fingerprint density at radius 1 is 0.826 bits per heavy atom. The second-order valence-corrected chi connectivity index (χ2v) is 8.58. The largest absolute Gasteiger partial charge is 0.500 e. The summed E-state index contributed by atoms with van der Waals surface area (Å²) in [4.78, 5) is 4.82. The van der Waals surface area contributed by atoms with Gasteiger partial charge < -0.3 is 23.1 Å². The summed E-state index contributed by atoms with van der Waals surface area (Å²) in [6.07, 6.45) is 8.40. The molecule has 0 saturated carbocycles. The first kappa shape index (κ1) is 20.5. The topological polar surface area (TPSA) is 34.2 Å². The fourth-order valence-corrected chi connectivity index (χ4v) is 5.55. The molecule has 1 aliphatic heterocycles. The molecule has 0 saturated heterocycles. The van der Waals surface area contributed by atoms with Crippen molar-refractivity contribution in [3.05, 3.63) is 12.4 Å². The molecule has 6 heteroatoms. The maximum absolute atomic E-state index is 5.92. The predicted octanol–water partition coefficient (Wildman–Crippen LogP) is 3.66. The van der Waals surface area contributed by atoms with Crippen LogP contribution in [-0.4, -0.2) is 57.7 Å². The number of unbranched alkanes of at least 4 members (excludes halogenated alkanes) is 1. The van der Waals surface area contributed by atoms with Crippen LogP contribution in [0.3, 0.4) is 0 Å². The summed E-state index contributed by atoms with van der Waals surface area (Å²) in [7, 11) is -2.49. The van der Waals surface area contributed by atoms with Crippen LogP contribution in [0.5, 0.6) is 0 Å². The van der Waals surface area contributed by atoms with E-state index >= 15 is 0 Å². The molecule has 0 radical (unpaired) electrons. The monoisotopic (exact) mass is 344 g/mol. The van der Waals surface area contributed by atoms with Crippen molar-refractivity contribution in [3.8, 4) is 0 Å². The third kappa shape index (κ3) is 6.45. The number of rotatable bonds is 13. The van der Waals surface area contributed by atoms with Crippen molar-refractivity contribution < 1.29 is 13.3 Å². The van der Waals surface area contributed by atoms with E-state index in [1.807, 2.05) is 20.8 Å². The van der Waals surface area contributed by atoms with Gasteiger partial charge in [-0.15, -0.1) is 0 Å². The van der Waals surface area contributed by atoms with Gasteiger partial charge in [-0.25, -0.2) is 0 Å². The first-order valence-electron chi connectivity index (χ1n) is 9.24. The van der Waals surface area contributed by atoms with Crippen LogP contribution in [-0.2, 0) is 13.3 Å². The molecule has 1 rings (SSSR count). The van der Waals surface area contributed by atoms with Crippen LogP contribution < -0.4 is 0 Å². The van der Waals surface area contributed by atoms with Crippen LogP contribution >= 0.6 is 0 Å². The molecular weight excluding hydrogens is 308 g/mol. The van der Waals surface area contributed by atoms with E-state index in [-0.39, 0.29) is 0 Å². The quantitative estimate of drug-likeness (QED) is 0.476. The minimum absolute atomic E-state index is 0.448. The summed E-state index contributed by atoms with van der Waals surface area (Å²) in [5, 5.41) is 0. The van der Waals surface area contributed by atoms with Gasteiger partial charge in [0.2, 0.25) is 0 Å². The highest BCUT2D eigenvalue weighted by molar-refractivity contribution is 6.60. The van der Waals surface area contributed by atoms with Crippen LogP contribution in [0, 0.1) is 0 Å². The van der Waals surface area contributed by atoms with Crippen LogP contribution in [0.15, 0.2) is 12.4 Å². The van der Waals surface area contributed by atoms with E-state index in [2.05, 4.69) is 36.0 Å². The summed E-state index contributed by atoms with van der Waals surface area (Å²) >= 11 is 0. The van der Waals surface area contributed by atoms with Crippen molar-refractivity contribution in [1.82, 2.24) is 9.80 Å². The summed E-state index contributed by atoms with van der Waals surface area (Å²) in [5.74, 6) is 0. The molecule has 1 unspecified atom stereocenters. The van der Waals surface area contributed by atoms with Gasteiger partial charge in [0.25, 0.3) is 0 Å². The predicted molar refractivity (Wildman–Crippen MR) is 97.0 cm³/mol. The van der Waals surface area contributed by atoms with Gasteiger partial charge in [0.1, 0.15) is 0 Å². The Balaban J connectivity index is 2.45. The summed E-state index contributed by atoms with van der Waals surface area (Å²) in [6.45, 7) is 14.6. The molecule has 0 amide bonds. The first-order valence-corrected chi connectivity index (χ1v) is 11.2. The molecule has 23 heavy (non-hydrogen) atoms. The SMILES string of the molecule is CCCCN1C=CN(CCC[Si](OCC)(OCC)OCC)C1C. The third-order valence-corrected chi connectivity index (χ3v) is 7.32. The molecule has 0 fully saturated rings. The second-order valence-electron chi connectivity index (χ2n) is 5.84. The summed E-state index contributed by atoms with van der Waals surface area (Å²) in [5.41, 5.74) is 0. The van der Waals surface area contributed by atoms with Gasteiger partial charge in [0.15, 0.2) is 0 Å². The number of hydrogen-bond donors (Lipinski definition) is 0. The van der Waals surface area contributed by atoms with Gasteiger partial charge in [0.05, 0.1) is 6.17 Å². The van der Waals surface area contributed by atoms with E-state index < -0.39 is 8.80 Å². The Kier molecular flexibility index (Phi) is 9.86. The Hall–Kier alpha value is -0.563. The molecule has 0 aromatic carbocycles. The molecule has 0 bridgehead atoms. The molecule has 0 aromatic heterocycles. The van der Waals surface area contributed by atoms with E-state index in [1.165, 1.54) is 12.8 Å². The average molecular weight is 345 g/mol. The van der Waals surface area contributed by atoms with Gasteiger partial charge in [-0.2, -0.15) is 0 Å². The zero-order valence-electron chi connectivity index (χ0n) is 15.7. The Morgan fingerprint density at radius 2 is 1.30 bits per heavy atom. The summed E-state index contributed by atoms with van der Waals surface area (Å²) < 4.78 is 17.8. The minimum atomic E-state index is -2.49. The van der Waals surface area contributed by atoms with Gasteiger partial charge in [-0.1, -0.05) is 13.3 Å². The Labute approximate surface area is 143 Å². The lowest BCUT2D eigenvalue weighted by atomic mass is 10.3. The lowest BCUT2D eigenvalue weighted by Gasteiger charge is -2.32. The van der Waals surface area contributed by atoms with E-state index in [0.717, 1.165) is 25.6 Å². The normalized spacial score (nSPS) is 18.2. The molecule has 136 valence electrons. The highest BCUT2D eigenvalue weighted by Crippen LogP contribution is 2.21. The molecule has 0 aliphatic carbocycles. The Morgan fingerprint density at radius 3 is 1.74 bits per heavy atom. The van der Waals surface area contributed by atoms with Crippen LogP contribution in [0.1, 0.15) is 53.9 Å². The number of nitrogens with zero attached hydrogens (tertiary/aromatic N) is 2. The highest BCUT2D eigenvalue weighted by Gasteiger charge is 2.40. The molecule has 0 N–H and O–H groups in total. The van der Waals surface area contributed by atoms with Crippen molar-refractivity contribution in [2.75, 3.05) is 32.9 Å². The van der Waals surface area contributed by atoms with Crippen molar-refractivity contribution in [3.63, 3.8) is 0 Å². The Bertz CT molecular complexity index is 325. The lowest BCUT2D eigenvalue weighted by Crippen LogP contribution is -2.46. The number of hydrogen-bond acceptors (Lipinski definition) is 5. The fourth-order valence-electron chi connectivity index (χ4n) is 2.95. The van der Waals surface area contributed by atoms with Gasteiger partial charge in [-0.05, 0) is 40.5 Å². The fraction of sp³-hybridized carbons (Fsp3) is 0.882. The van der Waals surface area contributed by atoms with Crippen molar-refractivity contribution in [2.24, 2.45) is 0 Å². The van der Waals surface area contributed by atoms with Crippen molar-refractivity contribution in [2.45, 2.75) is 66.1 Å². The minimum Gasteiger partial charge on any atom is -0.374 e. The maximum atomic E-state index is 5.92. The molecule has 1 atom stereocenters. The van der Waals surface area contributed by atoms with Crippen molar-refractivity contribution in [1.29, 1.82) is 0 Å². The van der Waals surface area contributed by atoms with E-state index in [9.17, 15) is 0 Å². The molecule has 1 aliphatic rings. The smallest absolute Gasteiger partial charge is 0.374 e. The van der Waals surface area contributed by atoms with Crippen LogP contribution in [0.2, 0.25) is 6.04 Å². The molecule has 0 aromatic rings. The molecule has 0 spiro atoms. The first-order chi connectivity index (χ1) is 11.1.